The molecule has 0 heterocycles. The largest absolute Gasteiger partial charge is 0.273 e. The molecular formula is C8H15Cl2Si. The van der Waals surface area contributed by atoms with Crippen LogP contribution in [0.2, 0.25) is 6.04 Å². The van der Waals surface area contributed by atoms with Gasteiger partial charge in [0, 0.05) is 0 Å². The predicted octanol–water partition coefficient (Wildman–Crippen LogP) is 4.09. The summed E-state index contributed by atoms with van der Waals surface area (Å²) in [6.45, 7) is 3.67. The minimum atomic E-state index is -1.00. The van der Waals surface area contributed by atoms with Gasteiger partial charge in [0.2, 0.25) is 0 Å². The molecule has 0 aromatic rings. The first-order valence-corrected chi connectivity index (χ1v) is 7.78. The quantitative estimate of drug-likeness (QED) is 0.257. The van der Waals surface area contributed by atoms with Crippen LogP contribution in [0.15, 0.2) is 12.7 Å². The molecule has 0 aromatic heterocycles. The molecule has 0 rings (SSSR count). The van der Waals surface area contributed by atoms with E-state index in [-0.39, 0.29) is 0 Å². The number of allylic oxidation sites excluding steroid dienone is 1. The van der Waals surface area contributed by atoms with Gasteiger partial charge in [0.1, 0.15) is 0 Å². The third-order valence-electron chi connectivity index (χ3n) is 1.52. The standard InChI is InChI=1S/C8H15Cl2Si/c1-2-3-4-5-6-7-8-11(9)10/h2H,1,3-8H2. The molecular weight excluding hydrogens is 195 g/mol. The summed E-state index contributed by atoms with van der Waals surface area (Å²) in [5.74, 6) is 0. The minimum Gasteiger partial charge on any atom is -0.147 e. The fourth-order valence-electron chi connectivity index (χ4n) is 0.901. The second kappa shape index (κ2) is 8.63. The molecule has 0 atom stereocenters. The van der Waals surface area contributed by atoms with Gasteiger partial charge in [-0.1, -0.05) is 25.3 Å². The molecule has 0 aliphatic heterocycles. The SMILES string of the molecule is C=CCCCCCC[Si](Cl)Cl. The molecule has 0 saturated heterocycles. The normalized spacial score (nSPS) is 10.5. The summed E-state index contributed by atoms with van der Waals surface area (Å²) in [5, 5.41) is 0. The van der Waals surface area contributed by atoms with Crippen molar-refractivity contribution < 1.29 is 0 Å². The summed E-state index contributed by atoms with van der Waals surface area (Å²) >= 11 is 11.3. The third-order valence-corrected chi connectivity index (χ3v) is 3.39. The van der Waals surface area contributed by atoms with E-state index in [4.69, 9.17) is 22.2 Å². The molecule has 0 saturated carbocycles. The van der Waals surface area contributed by atoms with Gasteiger partial charge in [-0.25, -0.2) is 0 Å². The van der Waals surface area contributed by atoms with E-state index in [0.29, 0.717) is 0 Å². The zero-order chi connectivity index (χ0) is 8.53. The number of hydrogen-bond acceptors (Lipinski definition) is 0. The van der Waals surface area contributed by atoms with Gasteiger partial charge in [0.25, 0.3) is 7.42 Å². The van der Waals surface area contributed by atoms with Crippen LogP contribution in [0, 0.1) is 0 Å². The molecule has 3 heteroatoms. The van der Waals surface area contributed by atoms with Crippen molar-refractivity contribution in [2.45, 2.75) is 38.1 Å². The molecule has 0 aromatic carbocycles. The Hall–Kier alpha value is 0.537. The second-order valence-electron chi connectivity index (χ2n) is 2.58. The summed E-state index contributed by atoms with van der Waals surface area (Å²) < 4.78 is 0. The van der Waals surface area contributed by atoms with Gasteiger partial charge in [-0.15, -0.1) is 28.7 Å². The van der Waals surface area contributed by atoms with Crippen LogP contribution in [0.1, 0.15) is 32.1 Å². The Morgan fingerprint density at radius 1 is 1.09 bits per heavy atom. The van der Waals surface area contributed by atoms with Crippen LogP contribution in [0.25, 0.3) is 0 Å². The van der Waals surface area contributed by atoms with Gasteiger partial charge in [0.15, 0.2) is 0 Å². The molecule has 0 N–H and O–H groups in total. The van der Waals surface area contributed by atoms with Crippen molar-refractivity contribution in [2.75, 3.05) is 0 Å². The van der Waals surface area contributed by atoms with E-state index in [1.54, 1.807) is 0 Å². The summed E-state index contributed by atoms with van der Waals surface area (Å²) in [6.07, 6.45) is 8.11. The van der Waals surface area contributed by atoms with Gasteiger partial charge < -0.3 is 0 Å². The van der Waals surface area contributed by atoms with E-state index in [0.717, 1.165) is 12.5 Å². The van der Waals surface area contributed by atoms with Crippen LogP contribution >= 0.6 is 22.2 Å². The lowest BCUT2D eigenvalue weighted by molar-refractivity contribution is 0.674. The van der Waals surface area contributed by atoms with Crippen molar-refractivity contribution >= 4 is 29.6 Å². The summed E-state index contributed by atoms with van der Waals surface area (Å²) in [7, 11) is -1.00. The number of halogens is 2. The lowest BCUT2D eigenvalue weighted by Crippen LogP contribution is -1.90. The van der Waals surface area contributed by atoms with Crippen molar-refractivity contribution in [1.29, 1.82) is 0 Å². The van der Waals surface area contributed by atoms with E-state index in [9.17, 15) is 0 Å². The first kappa shape index (κ1) is 11.5. The molecule has 0 bridgehead atoms. The van der Waals surface area contributed by atoms with Gasteiger partial charge >= 0.3 is 0 Å². The van der Waals surface area contributed by atoms with Gasteiger partial charge in [-0.3, -0.25) is 0 Å². The first-order chi connectivity index (χ1) is 5.27. The predicted molar refractivity (Wildman–Crippen MR) is 55.5 cm³/mol. The monoisotopic (exact) mass is 209 g/mol. The van der Waals surface area contributed by atoms with Crippen LogP contribution in [0.3, 0.4) is 0 Å². The molecule has 0 nitrogen and oxygen atoms in total. The zero-order valence-corrected chi connectivity index (χ0v) is 9.29. The Bertz CT molecular complexity index is 94.1. The van der Waals surface area contributed by atoms with E-state index in [2.05, 4.69) is 6.58 Å². The maximum absolute atomic E-state index is 5.67. The fourth-order valence-corrected chi connectivity index (χ4v) is 2.22. The van der Waals surface area contributed by atoms with Crippen LogP contribution in [0.5, 0.6) is 0 Å². The highest BCUT2D eigenvalue weighted by atomic mass is 35.7. The van der Waals surface area contributed by atoms with E-state index in [1.165, 1.54) is 25.7 Å². The van der Waals surface area contributed by atoms with Crippen LogP contribution < -0.4 is 0 Å². The smallest absolute Gasteiger partial charge is 0.147 e. The second-order valence-corrected chi connectivity index (χ2v) is 7.08. The van der Waals surface area contributed by atoms with Gasteiger partial charge in [0.05, 0.1) is 0 Å². The van der Waals surface area contributed by atoms with Crippen LogP contribution in [-0.4, -0.2) is 7.42 Å². The molecule has 0 spiro atoms. The number of hydrogen-bond donors (Lipinski definition) is 0. The van der Waals surface area contributed by atoms with Crippen molar-refractivity contribution in [2.24, 2.45) is 0 Å². The lowest BCUT2D eigenvalue weighted by Gasteiger charge is -1.98. The molecule has 65 valence electrons. The average Bonchev–Trinajstić information content (AvgIpc) is 1.96. The topological polar surface area (TPSA) is 0 Å². The lowest BCUT2D eigenvalue weighted by atomic mass is 10.1. The average molecular weight is 210 g/mol. The molecule has 0 aliphatic carbocycles. The molecule has 0 amide bonds. The van der Waals surface area contributed by atoms with Gasteiger partial charge in [-0.2, -0.15) is 0 Å². The minimum absolute atomic E-state index is 1.00. The highest BCUT2D eigenvalue weighted by molar-refractivity contribution is 7.33. The van der Waals surface area contributed by atoms with Crippen molar-refractivity contribution in [1.82, 2.24) is 0 Å². The molecule has 11 heavy (non-hydrogen) atoms. The summed E-state index contributed by atoms with van der Waals surface area (Å²) in [4.78, 5) is 0. The summed E-state index contributed by atoms with van der Waals surface area (Å²) in [5.41, 5.74) is 0. The van der Waals surface area contributed by atoms with Crippen molar-refractivity contribution in [3.8, 4) is 0 Å². The number of rotatable bonds is 7. The van der Waals surface area contributed by atoms with Crippen LogP contribution in [0.4, 0.5) is 0 Å². The Morgan fingerprint density at radius 2 is 1.73 bits per heavy atom. The zero-order valence-electron chi connectivity index (χ0n) is 6.78. The van der Waals surface area contributed by atoms with E-state index in [1.807, 2.05) is 6.08 Å². The fraction of sp³-hybridized carbons (Fsp3) is 0.750. The highest BCUT2D eigenvalue weighted by Crippen LogP contribution is 2.11. The van der Waals surface area contributed by atoms with E-state index >= 15 is 0 Å². The maximum atomic E-state index is 5.67. The Labute approximate surface area is 80.6 Å². The molecule has 0 aliphatic rings. The van der Waals surface area contributed by atoms with E-state index < -0.39 is 7.42 Å². The van der Waals surface area contributed by atoms with Crippen molar-refractivity contribution in [3.63, 3.8) is 0 Å². The molecule has 1 radical (unpaired) electrons. The molecule has 0 unspecified atom stereocenters. The Kier molecular flexibility index (Phi) is 9.05. The molecule has 0 fully saturated rings. The Balaban J connectivity index is 2.85. The van der Waals surface area contributed by atoms with Crippen molar-refractivity contribution in [3.05, 3.63) is 12.7 Å². The Morgan fingerprint density at radius 3 is 2.27 bits per heavy atom. The third kappa shape index (κ3) is 10.5. The first-order valence-electron chi connectivity index (χ1n) is 4.05. The summed E-state index contributed by atoms with van der Waals surface area (Å²) in [6, 6.07) is 1.03. The van der Waals surface area contributed by atoms with Crippen LogP contribution in [-0.2, 0) is 0 Å². The highest BCUT2D eigenvalue weighted by Gasteiger charge is 2.01. The van der Waals surface area contributed by atoms with Gasteiger partial charge in [-0.05, 0) is 18.9 Å². The maximum Gasteiger partial charge on any atom is 0.273 e. The number of unbranched alkanes of at least 4 members (excludes halogenated alkanes) is 4.